The van der Waals surface area contributed by atoms with Crippen molar-refractivity contribution < 1.29 is 9.53 Å². The molecule has 2 atom stereocenters. The van der Waals surface area contributed by atoms with Crippen LogP contribution in [0.2, 0.25) is 0 Å². The molecule has 0 aromatic heterocycles. The van der Waals surface area contributed by atoms with E-state index in [1.165, 1.54) is 0 Å². The molecule has 88 valence electrons. The molecule has 2 heteroatoms. The summed E-state index contributed by atoms with van der Waals surface area (Å²) in [6.07, 6.45) is 7.23. The van der Waals surface area contributed by atoms with E-state index >= 15 is 0 Å². The van der Waals surface area contributed by atoms with Gasteiger partial charge in [-0.15, -0.1) is 0 Å². The highest BCUT2D eigenvalue weighted by Crippen LogP contribution is 2.21. The first-order valence-corrected chi connectivity index (χ1v) is 5.96. The second-order valence-corrected chi connectivity index (χ2v) is 3.89. The zero-order valence-electron chi connectivity index (χ0n) is 10.5. The zero-order chi connectivity index (χ0) is 11.7. The third kappa shape index (κ3) is 5.60. The van der Waals surface area contributed by atoms with Crippen LogP contribution in [0.25, 0.3) is 0 Å². The molecule has 0 aliphatic rings. The first kappa shape index (κ1) is 14.2. The number of hydrogen-bond donors (Lipinski definition) is 0. The summed E-state index contributed by atoms with van der Waals surface area (Å²) in [7, 11) is 0. The highest BCUT2D eigenvalue weighted by Gasteiger charge is 2.23. The molecule has 0 aromatic rings. The molecule has 15 heavy (non-hydrogen) atoms. The zero-order valence-corrected chi connectivity index (χ0v) is 10.5. The summed E-state index contributed by atoms with van der Waals surface area (Å²) in [4.78, 5) is 11.7. The van der Waals surface area contributed by atoms with Gasteiger partial charge in [0.15, 0.2) is 0 Å². The minimum absolute atomic E-state index is 0.0288. The van der Waals surface area contributed by atoms with E-state index in [1.54, 1.807) is 0 Å². The van der Waals surface area contributed by atoms with Crippen molar-refractivity contribution in [2.75, 3.05) is 6.61 Å². The van der Waals surface area contributed by atoms with Gasteiger partial charge in [0.2, 0.25) is 0 Å². The predicted octanol–water partition coefficient (Wildman–Crippen LogP) is 3.57. The number of esters is 1. The summed E-state index contributed by atoms with van der Waals surface area (Å²) in [6.45, 7) is 8.54. The molecule has 0 radical (unpaired) electrons. The molecule has 0 saturated heterocycles. The molecule has 0 aliphatic heterocycles. The lowest BCUT2D eigenvalue weighted by atomic mass is 9.89. The Kier molecular flexibility index (Phi) is 8.06. The molecule has 0 fully saturated rings. The topological polar surface area (TPSA) is 26.3 Å². The number of hydrogen-bond acceptors (Lipinski definition) is 2. The van der Waals surface area contributed by atoms with Crippen molar-refractivity contribution in [3.63, 3.8) is 0 Å². The maximum absolute atomic E-state index is 11.7. The standard InChI is InChI=1S/C13H24O2/c1-5-8-10-12(11(4)9-6-2)13(14)15-7-3/h6,9,11-12H,5,7-8,10H2,1-4H3/b9-6+/t11-,12+/m0/s1. The van der Waals surface area contributed by atoms with E-state index in [-0.39, 0.29) is 17.8 Å². The molecular formula is C13H24O2. The predicted molar refractivity (Wildman–Crippen MR) is 63.6 cm³/mol. The molecule has 0 unspecified atom stereocenters. The molecule has 0 bridgehead atoms. The van der Waals surface area contributed by atoms with Gasteiger partial charge in [-0.3, -0.25) is 4.79 Å². The van der Waals surface area contributed by atoms with Crippen molar-refractivity contribution in [2.24, 2.45) is 11.8 Å². The van der Waals surface area contributed by atoms with Crippen molar-refractivity contribution in [2.45, 2.75) is 47.0 Å². The van der Waals surface area contributed by atoms with Gasteiger partial charge in [0.05, 0.1) is 12.5 Å². The van der Waals surface area contributed by atoms with Crippen molar-refractivity contribution in [1.29, 1.82) is 0 Å². The number of carbonyl (C=O) groups excluding carboxylic acids is 1. The van der Waals surface area contributed by atoms with Crippen molar-refractivity contribution in [3.8, 4) is 0 Å². The number of allylic oxidation sites excluding steroid dienone is 2. The van der Waals surface area contributed by atoms with Crippen molar-refractivity contribution in [1.82, 2.24) is 0 Å². The largest absolute Gasteiger partial charge is 0.466 e. The second-order valence-electron chi connectivity index (χ2n) is 3.89. The lowest BCUT2D eigenvalue weighted by Gasteiger charge is -2.19. The molecular weight excluding hydrogens is 188 g/mol. The Morgan fingerprint density at radius 3 is 2.53 bits per heavy atom. The van der Waals surface area contributed by atoms with E-state index in [2.05, 4.69) is 19.9 Å². The summed E-state index contributed by atoms with van der Waals surface area (Å²) in [5, 5.41) is 0. The minimum Gasteiger partial charge on any atom is -0.466 e. The third-order valence-corrected chi connectivity index (χ3v) is 2.59. The van der Waals surface area contributed by atoms with E-state index in [0.717, 1.165) is 19.3 Å². The van der Waals surface area contributed by atoms with E-state index < -0.39 is 0 Å². The fourth-order valence-electron chi connectivity index (χ4n) is 1.71. The molecule has 2 nitrogen and oxygen atoms in total. The van der Waals surface area contributed by atoms with Crippen LogP contribution in [0.5, 0.6) is 0 Å². The monoisotopic (exact) mass is 212 g/mol. The van der Waals surface area contributed by atoms with Crippen LogP contribution in [-0.4, -0.2) is 12.6 Å². The summed E-state index contributed by atoms with van der Waals surface area (Å²) < 4.78 is 5.10. The SMILES string of the molecule is C/C=C/[C@H](C)[C@@H](CCCC)C(=O)OCC. The Balaban J connectivity index is 4.34. The Hall–Kier alpha value is -0.790. The van der Waals surface area contributed by atoms with Crippen LogP contribution in [0.3, 0.4) is 0 Å². The highest BCUT2D eigenvalue weighted by atomic mass is 16.5. The Labute approximate surface area is 93.7 Å². The summed E-state index contributed by atoms with van der Waals surface area (Å²) in [5.74, 6) is 0.262. The molecule has 0 rings (SSSR count). The molecule has 0 N–H and O–H groups in total. The maximum Gasteiger partial charge on any atom is 0.309 e. The van der Waals surface area contributed by atoms with Crippen LogP contribution in [-0.2, 0) is 9.53 Å². The first-order valence-electron chi connectivity index (χ1n) is 5.96. The van der Waals surface area contributed by atoms with Crippen LogP contribution in [0, 0.1) is 11.8 Å². The molecule has 0 aromatic carbocycles. The van der Waals surface area contributed by atoms with Gasteiger partial charge in [0.1, 0.15) is 0 Å². The van der Waals surface area contributed by atoms with Gasteiger partial charge in [0, 0.05) is 0 Å². The Morgan fingerprint density at radius 2 is 2.07 bits per heavy atom. The average molecular weight is 212 g/mol. The maximum atomic E-state index is 11.7. The highest BCUT2D eigenvalue weighted by molar-refractivity contribution is 5.73. The van der Waals surface area contributed by atoms with Gasteiger partial charge in [0.25, 0.3) is 0 Å². The van der Waals surface area contributed by atoms with Gasteiger partial charge < -0.3 is 4.74 Å². The quantitative estimate of drug-likeness (QED) is 0.476. The normalized spacial score (nSPS) is 15.2. The van der Waals surface area contributed by atoms with E-state index in [4.69, 9.17) is 4.74 Å². The van der Waals surface area contributed by atoms with Crippen molar-refractivity contribution in [3.05, 3.63) is 12.2 Å². The Bertz CT molecular complexity index is 197. The van der Waals surface area contributed by atoms with Crippen LogP contribution in [0.15, 0.2) is 12.2 Å². The van der Waals surface area contributed by atoms with Crippen LogP contribution in [0.4, 0.5) is 0 Å². The molecule has 0 saturated carbocycles. The average Bonchev–Trinajstić information content (AvgIpc) is 2.19. The fourth-order valence-corrected chi connectivity index (χ4v) is 1.71. The molecule has 0 amide bonds. The van der Waals surface area contributed by atoms with Gasteiger partial charge >= 0.3 is 5.97 Å². The number of ether oxygens (including phenoxy) is 1. The second kappa shape index (κ2) is 8.51. The van der Waals surface area contributed by atoms with Gasteiger partial charge in [-0.25, -0.2) is 0 Å². The van der Waals surface area contributed by atoms with E-state index in [1.807, 2.05) is 19.9 Å². The summed E-state index contributed by atoms with van der Waals surface area (Å²) in [5.41, 5.74) is 0. The smallest absolute Gasteiger partial charge is 0.309 e. The lowest BCUT2D eigenvalue weighted by Crippen LogP contribution is -2.23. The fraction of sp³-hybridized carbons (Fsp3) is 0.769. The van der Waals surface area contributed by atoms with Crippen LogP contribution in [0.1, 0.15) is 47.0 Å². The first-order chi connectivity index (χ1) is 7.17. The van der Waals surface area contributed by atoms with E-state index in [9.17, 15) is 4.79 Å². The molecule has 0 spiro atoms. The molecule has 0 aliphatic carbocycles. The summed E-state index contributed by atoms with van der Waals surface area (Å²) in [6, 6.07) is 0. The van der Waals surface area contributed by atoms with Crippen molar-refractivity contribution >= 4 is 5.97 Å². The van der Waals surface area contributed by atoms with Gasteiger partial charge in [-0.2, -0.15) is 0 Å². The number of unbranched alkanes of at least 4 members (excludes halogenated alkanes) is 1. The Morgan fingerprint density at radius 1 is 1.40 bits per heavy atom. The van der Waals surface area contributed by atoms with Gasteiger partial charge in [-0.1, -0.05) is 38.8 Å². The molecule has 0 heterocycles. The van der Waals surface area contributed by atoms with Crippen LogP contribution < -0.4 is 0 Å². The van der Waals surface area contributed by atoms with Gasteiger partial charge in [-0.05, 0) is 26.2 Å². The van der Waals surface area contributed by atoms with Crippen LogP contribution >= 0.6 is 0 Å². The third-order valence-electron chi connectivity index (χ3n) is 2.59. The van der Waals surface area contributed by atoms with E-state index in [0.29, 0.717) is 6.61 Å². The number of rotatable bonds is 7. The lowest BCUT2D eigenvalue weighted by molar-refractivity contribution is -0.149. The minimum atomic E-state index is -0.0449. The number of carbonyl (C=O) groups is 1. The summed E-state index contributed by atoms with van der Waals surface area (Å²) >= 11 is 0.